The van der Waals surface area contributed by atoms with E-state index in [0.29, 0.717) is 19.0 Å². The normalized spacial score (nSPS) is 13.5. The molecule has 1 fully saturated rings. The molecular formula is C20H28N4O2. The molecule has 3 rings (SSSR count). The number of amides is 2. The maximum Gasteiger partial charge on any atom is 0.317 e. The summed E-state index contributed by atoms with van der Waals surface area (Å²) in [7, 11) is 1.67. The van der Waals surface area contributed by atoms with E-state index in [1.165, 1.54) is 18.4 Å². The minimum absolute atomic E-state index is 0.0118. The van der Waals surface area contributed by atoms with Crippen molar-refractivity contribution in [1.82, 2.24) is 19.8 Å². The van der Waals surface area contributed by atoms with Crippen LogP contribution in [0.1, 0.15) is 37.6 Å². The van der Waals surface area contributed by atoms with Crippen LogP contribution < -0.4 is 10.1 Å². The second kappa shape index (κ2) is 8.74. The van der Waals surface area contributed by atoms with Crippen molar-refractivity contribution in [3.05, 3.63) is 48.0 Å². The predicted octanol–water partition coefficient (Wildman–Crippen LogP) is 3.27. The number of ether oxygens (including phenoxy) is 1. The summed E-state index contributed by atoms with van der Waals surface area (Å²) < 4.78 is 7.32. The molecule has 0 spiro atoms. The predicted molar refractivity (Wildman–Crippen MR) is 101 cm³/mol. The number of nitrogens with zero attached hydrogens (tertiary/aromatic N) is 3. The van der Waals surface area contributed by atoms with Crippen molar-refractivity contribution in [3.8, 4) is 5.75 Å². The van der Waals surface area contributed by atoms with Gasteiger partial charge in [0.25, 0.3) is 0 Å². The zero-order chi connectivity index (χ0) is 18.4. The van der Waals surface area contributed by atoms with Gasteiger partial charge in [-0.2, -0.15) is 0 Å². The first kappa shape index (κ1) is 18.3. The molecule has 0 aliphatic heterocycles. The van der Waals surface area contributed by atoms with Gasteiger partial charge in [0.2, 0.25) is 0 Å². The molecule has 6 nitrogen and oxygen atoms in total. The van der Waals surface area contributed by atoms with Gasteiger partial charge in [0.05, 0.1) is 13.7 Å². The third kappa shape index (κ3) is 5.00. The minimum atomic E-state index is 0.0118. The Morgan fingerprint density at radius 2 is 2.12 bits per heavy atom. The van der Waals surface area contributed by atoms with Crippen LogP contribution in [-0.4, -0.2) is 40.7 Å². The molecule has 0 bridgehead atoms. The molecule has 1 aliphatic rings. The van der Waals surface area contributed by atoms with Crippen molar-refractivity contribution in [2.45, 2.75) is 39.3 Å². The van der Waals surface area contributed by atoms with Crippen molar-refractivity contribution >= 4 is 6.03 Å². The molecular weight excluding hydrogens is 328 g/mol. The van der Waals surface area contributed by atoms with Crippen molar-refractivity contribution in [3.63, 3.8) is 0 Å². The van der Waals surface area contributed by atoms with Gasteiger partial charge in [-0.3, -0.25) is 0 Å². The molecule has 1 heterocycles. The molecule has 2 aromatic rings. The number of aromatic nitrogens is 2. The van der Waals surface area contributed by atoms with E-state index >= 15 is 0 Å². The SMILES string of the molecule is CCCNC(=O)N(Cc1nccn1Cc1ccc(OC)cc1)CC1CC1. The van der Waals surface area contributed by atoms with Gasteiger partial charge in [-0.25, -0.2) is 9.78 Å². The highest BCUT2D eigenvalue weighted by molar-refractivity contribution is 5.74. The van der Waals surface area contributed by atoms with Gasteiger partial charge in [0, 0.05) is 32.0 Å². The van der Waals surface area contributed by atoms with Crippen LogP contribution >= 0.6 is 0 Å². The Balaban J connectivity index is 1.67. The summed E-state index contributed by atoms with van der Waals surface area (Å²) in [5.41, 5.74) is 1.18. The lowest BCUT2D eigenvalue weighted by Crippen LogP contribution is -2.41. The smallest absolute Gasteiger partial charge is 0.317 e. The number of benzene rings is 1. The summed E-state index contributed by atoms with van der Waals surface area (Å²) >= 11 is 0. The number of methoxy groups -OCH3 is 1. The monoisotopic (exact) mass is 356 g/mol. The maximum absolute atomic E-state index is 12.5. The van der Waals surface area contributed by atoms with Crippen LogP contribution in [0.25, 0.3) is 0 Å². The van der Waals surface area contributed by atoms with Crippen LogP contribution in [0.3, 0.4) is 0 Å². The summed E-state index contributed by atoms with van der Waals surface area (Å²) in [6, 6.07) is 8.04. The molecule has 0 atom stereocenters. The highest BCUT2D eigenvalue weighted by atomic mass is 16.5. The van der Waals surface area contributed by atoms with Crippen LogP contribution in [0.15, 0.2) is 36.7 Å². The molecule has 1 aromatic heterocycles. The van der Waals surface area contributed by atoms with Crippen LogP contribution in [0, 0.1) is 5.92 Å². The Bertz CT molecular complexity index is 707. The maximum atomic E-state index is 12.5. The van der Waals surface area contributed by atoms with Crippen molar-refractivity contribution in [1.29, 1.82) is 0 Å². The van der Waals surface area contributed by atoms with E-state index < -0.39 is 0 Å². The van der Waals surface area contributed by atoms with Gasteiger partial charge in [-0.1, -0.05) is 19.1 Å². The second-order valence-corrected chi connectivity index (χ2v) is 6.88. The van der Waals surface area contributed by atoms with E-state index in [0.717, 1.165) is 31.1 Å². The molecule has 140 valence electrons. The van der Waals surface area contributed by atoms with E-state index in [1.54, 1.807) is 13.3 Å². The molecule has 1 saturated carbocycles. The molecule has 1 N–H and O–H groups in total. The van der Waals surface area contributed by atoms with E-state index in [4.69, 9.17) is 4.74 Å². The van der Waals surface area contributed by atoms with E-state index in [2.05, 4.69) is 33.9 Å². The van der Waals surface area contributed by atoms with Gasteiger partial charge in [-0.15, -0.1) is 0 Å². The van der Waals surface area contributed by atoms with Gasteiger partial charge >= 0.3 is 6.03 Å². The average Bonchev–Trinajstić information content (AvgIpc) is 3.38. The number of hydrogen-bond acceptors (Lipinski definition) is 3. The first-order valence-corrected chi connectivity index (χ1v) is 9.35. The zero-order valence-corrected chi connectivity index (χ0v) is 15.6. The van der Waals surface area contributed by atoms with Crippen LogP contribution in [-0.2, 0) is 13.1 Å². The summed E-state index contributed by atoms with van der Waals surface area (Å²) in [5.74, 6) is 2.41. The second-order valence-electron chi connectivity index (χ2n) is 6.88. The van der Waals surface area contributed by atoms with E-state index in [-0.39, 0.29) is 6.03 Å². The fourth-order valence-corrected chi connectivity index (χ4v) is 2.91. The first-order chi connectivity index (χ1) is 12.7. The number of rotatable bonds is 9. The van der Waals surface area contributed by atoms with Gasteiger partial charge in [0.1, 0.15) is 11.6 Å². The Hall–Kier alpha value is -2.50. The lowest BCUT2D eigenvalue weighted by Gasteiger charge is -2.23. The first-order valence-electron chi connectivity index (χ1n) is 9.35. The number of imidazole rings is 1. The molecule has 0 unspecified atom stereocenters. The number of nitrogens with one attached hydrogen (secondary N) is 1. The fourth-order valence-electron chi connectivity index (χ4n) is 2.91. The average molecular weight is 356 g/mol. The quantitative estimate of drug-likeness (QED) is 0.750. The van der Waals surface area contributed by atoms with E-state index in [9.17, 15) is 4.79 Å². The molecule has 1 aromatic carbocycles. The summed E-state index contributed by atoms with van der Waals surface area (Å²) in [5, 5.41) is 3.00. The minimum Gasteiger partial charge on any atom is -0.497 e. The largest absolute Gasteiger partial charge is 0.497 e. The molecule has 0 saturated heterocycles. The summed E-state index contributed by atoms with van der Waals surface area (Å²) in [6.07, 6.45) is 7.15. The highest BCUT2D eigenvalue weighted by Gasteiger charge is 2.27. The summed E-state index contributed by atoms with van der Waals surface area (Å²) in [4.78, 5) is 18.9. The Labute approximate surface area is 155 Å². The van der Waals surface area contributed by atoms with Crippen LogP contribution in [0.2, 0.25) is 0 Å². The third-order valence-electron chi connectivity index (χ3n) is 4.63. The molecule has 1 aliphatic carbocycles. The third-order valence-corrected chi connectivity index (χ3v) is 4.63. The Morgan fingerprint density at radius 1 is 1.35 bits per heavy atom. The highest BCUT2D eigenvalue weighted by Crippen LogP contribution is 2.30. The number of urea groups is 1. The number of carbonyl (C=O) groups is 1. The van der Waals surface area contributed by atoms with Gasteiger partial charge in [0.15, 0.2) is 0 Å². The molecule has 2 amide bonds. The lowest BCUT2D eigenvalue weighted by molar-refractivity contribution is 0.190. The number of hydrogen-bond donors (Lipinski definition) is 1. The molecule has 6 heteroatoms. The van der Waals surface area contributed by atoms with Crippen molar-refractivity contribution < 1.29 is 9.53 Å². The Kier molecular flexibility index (Phi) is 6.15. The van der Waals surface area contributed by atoms with Crippen molar-refractivity contribution in [2.75, 3.05) is 20.2 Å². The topological polar surface area (TPSA) is 59.4 Å². The summed E-state index contributed by atoms with van der Waals surface area (Å²) in [6.45, 7) is 4.85. The van der Waals surface area contributed by atoms with E-state index in [1.807, 2.05) is 23.2 Å². The zero-order valence-electron chi connectivity index (χ0n) is 15.6. The lowest BCUT2D eigenvalue weighted by atomic mass is 10.2. The van der Waals surface area contributed by atoms with Crippen molar-refractivity contribution in [2.24, 2.45) is 5.92 Å². The standard InChI is InChI=1S/C20H28N4O2/c1-3-10-22-20(25)24(14-16-4-5-16)15-19-21-11-12-23(19)13-17-6-8-18(26-2)9-7-17/h6-9,11-12,16H,3-5,10,13-15H2,1-2H3,(H,22,25). The van der Waals surface area contributed by atoms with Gasteiger partial charge < -0.3 is 19.5 Å². The van der Waals surface area contributed by atoms with Crippen LogP contribution in [0.5, 0.6) is 5.75 Å². The molecule has 0 radical (unpaired) electrons. The molecule has 26 heavy (non-hydrogen) atoms. The fraction of sp³-hybridized carbons (Fsp3) is 0.500. The Morgan fingerprint density at radius 3 is 2.77 bits per heavy atom. The van der Waals surface area contributed by atoms with Gasteiger partial charge in [-0.05, 0) is 42.9 Å². The van der Waals surface area contributed by atoms with Crippen LogP contribution in [0.4, 0.5) is 4.79 Å². The number of carbonyl (C=O) groups excluding carboxylic acids is 1.